The summed E-state index contributed by atoms with van der Waals surface area (Å²) in [7, 11) is 4.39. The number of para-hydroxylation sites is 1. The van der Waals surface area contributed by atoms with Crippen LogP contribution in [0.4, 0.5) is 0 Å². The molecule has 98 valence electrons. The number of aromatic nitrogens is 1. The lowest BCUT2D eigenvalue weighted by molar-refractivity contribution is 0.213. The lowest BCUT2D eigenvalue weighted by Crippen LogP contribution is -2.33. The quantitative estimate of drug-likeness (QED) is 0.746. The number of nitrogens with zero attached hydrogens (tertiary/aromatic N) is 2. The highest BCUT2D eigenvalue weighted by molar-refractivity contribution is 5.86. The topological polar surface area (TPSA) is 8.17 Å². The fourth-order valence-corrected chi connectivity index (χ4v) is 3.41. The normalized spacial score (nSPS) is 19.3. The summed E-state index contributed by atoms with van der Waals surface area (Å²) in [6, 6.07) is 9.17. The Morgan fingerprint density at radius 1 is 1.32 bits per heavy atom. The molecule has 0 radical (unpaired) electrons. The van der Waals surface area contributed by atoms with Crippen LogP contribution in [-0.2, 0) is 13.5 Å². The zero-order chi connectivity index (χ0) is 13.4. The first-order valence-electron chi connectivity index (χ1n) is 6.94. The molecule has 0 saturated heterocycles. The van der Waals surface area contributed by atoms with Gasteiger partial charge in [-0.25, -0.2) is 0 Å². The monoisotopic (exact) mass is 252 g/mol. The Labute approximate surface area is 115 Å². The maximum absolute atomic E-state index is 5.45. The Balaban J connectivity index is 2.17. The van der Waals surface area contributed by atoms with E-state index in [1.165, 1.54) is 22.2 Å². The van der Waals surface area contributed by atoms with E-state index in [1.54, 1.807) is 0 Å². The van der Waals surface area contributed by atoms with E-state index >= 15 is 0 Å². The number of hydrogen-bond donors (Lipinski definition) is 0. The number of aryl methyl sites for hydroxylation is 1. The summed E-state index contributed by atoms with van der Waals surface area (Å²) in [5.41, 5.74) is 4.33. The van der Waals surface area contributed by atoms with E-state index in [0.717, 1.165) is 25.8 Å². The first-order chi connectivity index (χ1) is 9.24. The molecule has 2 aromatic rings. The van der Waals surface area contributed by atoms with E-state index in [-0.39, 0.29) is 0 Å². The highest BCUT2D eigenvalue weighted by atomic mass is 15.2. The minimum atomic E-state index is 0.456. The van der Waals surface area contributed by atoms with Crippen LogP contribution in [0.15, 0.2) is 24.3 Å². The summed E-state index contributed by atoms with van der Waals surface area (Å²) >= 11 is 0. The molecule has 1 atom stereocenters. The molecule has 0 spiro atoms. The first-order valence-corrected chi connectivity index (χ1v) is 6.94. The molecule has 1 aliphatic heterocycles. The van der Waals surface area contributed by atoms with E-state index in [4.69, 9.17) is 6.42 Å². The lowest BCUT2D eigenvalue weighted by atomic mass is 9.95. The zero-order valence-electron chi connectivity index (χ0n) is 11.7. The average molecular weight is 252 g/mol. The average Bonchev–Trinajstić information content (AvgIpc) is 2.72. The summed E-state index contributed by atoms with van der Waals surface area (Å²) in [4.78, 5) is 2.44. The minimum Gasteiger partial charge on any atom is -0.346 e. The van der Waals surface area contributed by atoms with Gasteiger partial charge in [0.05, 0.1) is 6.04 Å². The second-order valence-corrected chi connectivity index (χ2v) is 5.43. The number of rotatable bonds is 2. The number of terminal acetylenes is 1. The molecule has 2 heteroatoms. The van der Waals surface area contributed by atoms with Crippen LogP contribution in [0, 0.1) is 12.3 Å². The minimum absolute atomic E-state index is 0.456. The summed E-state index contributed by atoms with van der Waals surface area (Å²) in [6.45, 7) is 1.12. The fraction of sp³-hybridized carbons (Fsp3) is 0.412. The van der Waals surface area contributed by atoms with Gasteiger partial charge in [-0.2, -0.15) is 0 Å². The number of fused-ring (bicyclic) bond motifs is 3. The summed E-state index contributed by atoms with van der Waals surface area (Å²) in [5, 5.41) is 1.42. The highest BCUT2D eigenvalue weighted by Gasteiger charge is 2.29. The van der Waals surface area contributed by atoms with Gasteiger partial charge in [-0.3, -0.25) is 4.90 Å². The van der Waals surface area contributed by atoms with Crippen molar-refractivity contribution in [2.45, 2.75) is 25.3 Å². The van der Waals surface area contributed by atoms with Crippen LogP contribution in [0.3, 0.4) is 0 Å². The number of hydrogen-bond acceptors (Lipinski definition) is 1. The molecule has 0 amide bonds. The smallest absolute Gasteiger partial charge is 0.0509 e. The lowest BCUT2D eigenvalue weighted by Gasteiger charge is -2.33. The van der Waals surface area contributed by atoms with Gasteiger partial charge in [0.2, 0.25) is 0 Å². The third kappa shape index (κ3) is 1.86. The van der Waals surface area contributed by atoms with Gasteiger partial charge in [-0.1, -0.05) is 18.2 Å². The first kappa shape index (κ1) is 12.3. The maximum Gasteiger partial charge on any atom is 0.0509 e. The Bertz CT molecular complexity index is 645. The van der Waals surface area contributed by atoms with Gasteiger partial charge in [-0.05, 0) is 31.5 Å². The third-order valence-corrected chi connectivity index (χ3v) is 4.39. The van der Waals surface area contributed by atoms with E-state index in [0.29, 0.717) is 6.04 Å². The van der Waals surface area contributed by atoms with E-state index < -0.39 is 0 Å². The second kappa shape index (κ2) is 4.75. The molecule has 1 aromatic heterocycles. The van der Waals surface area contributed by atoms with Crippen molar-refractivity contribution >= 4 is 10.9 Å². The van der Waals surface area contributed by atoms with Gasteiger partial charge < -0.3 is 4.57 Å². The third-order valence-electron chi connectivity index (χ3n) is 4.39. The van der Waals surface area contributed by atoms with Crippen molar-refractivity contribution in [2.75, 3.05) is 13.6 Å². The molecule has 19 heavy (non-hydrogen) atoms. The van der Waals surface area contributed by atoms with Crippen molar-refractivity contribution in [3.63, 3.8) is 0 Å². The van der Waals surface area contributed by atoms with Crippen molar-refractivity contribution in [3.8, 4) is 12.3 Å². The standard InChI is InChI=1S/C17H20N2/c1-4-5-9-16-17-14(11-12-18(16)2)13-8-6-7-10-15(13)19(17)3/h1,6-8,10,16H,5,9,11-12H2,2-3H3. The highest BCUT2D eigenvalue weighted by Crippen LogP contribution is 2.37. The van der Waals surface area contributed by atoms with Gasteiger partial charge in [-0.15, -0.1) is 12.3 Å². The van der Waals surface area contributed by atoms with Crippen molar-refractivity contribution in [2.24, 2.45) is 7.05 Å². The van der Waals surface area contributed by atoms with Gasteiger partial charge in [0.15, 0.2) is 0 Å². The number of benzene rings is 1. The Morgan fingerprint density at radius 2 is 2.11 bits per heavy atom. The summed E-state index contributed by atoms with van der Waals surface area (Å²) < 4.78 is 2.36. The predicted molar refractivity (Wildman–Crippen MR) is 80.1 cm³/mol. The SMILES string of the molecule is C#CCCC1c2c(c3ccccc3n2C)CCN1C. The van der Waals surface area contributed by atoms with Gasteiger partial charge in [0.1, 0.15) is 0 Å². The van der Waals surface area contributed by atoms with E-state index in [9.17, 15) is 0 Å². The van der Waals surface area contributed by atoms with E-state index in [1.807, 2.05) is 0 Å². The second-order valence-electron chi connectivity index (χ2n) is 5.43. The number of likely N-dealkylation sites (N-methyl/N-ethyl adjacent to an activating group) is 1. The molecule has 1 aromatic carbocycles. The molecule has 1 aliphatic rings. The van der Waals surface area contributed by atoms with Crippen LogP contribution >= 0.6 is 0 Å². The van der Waals surface area contributed by atoms with Gasteiger partial charge in [0.25, 0.3) is 0 Å². The maximum atomic E-state index is 5.45. The molecule has 3 rings (SSSR count). The molecule has 0 fully saturated rings. The summed E-state index contributed by atoms with van der Waals surface area (Å²) in [6.07, 6.45) is 8.48. The molecular weight excluding hydrogens is 232 g/mol. The van der Waals surface area contributed by atoms with Crippen LogP contribution in [0.5, 0.6) is 0 Å². The fourth-order valence-electron chi connectivity index (χ4n) is 3.41. The van der Waals surface area contributed by atoms with Crippen LogP contribution in [0.1, 0.15) is 30.1 Å². The largest absolute Gasteiger partial charge is 0.346 e. The van der Waals surface area contributed by atoms with Crippen LogP contribution < -0.4 is 0 Å². The van der Waals surface area contributed by atoms with Crippen LogP contribution in [-0.4, -0.2) is 23.1 Å². The predicted octanol–water partition coefficient (Wildman–Crippen LogP) is 3.12. The molecule has 2 heterocycles. The zero-order valence-corrected chi connectivity index (χ0v) is 11.7. The molecule has 0 aliphatic carbocycles. The molecule has 0 N–H and O–H groups in total. The van der Waals surface area contributed by atoms with Gasteiger partial charge >= 0.3 is 0 Å². The van der Waals surface area contributed by atoms with Crippen molar-refractivity contribution in [3.05, 3.63) is 35.5 Å². The Morgan fingerprint density at radius 3 is 2.89 bits per heavy atom. The summed E-state index contributed by atoms with van der Waals surface area (Å²) in [5.74, 6) is 2.78. The van der Waals surface area contributed by atoms with Crippen molar-refractivity contribution in [1.82, 2.24) is 9.47 Å². The molecule has 0 bridgehead atoms. The molecule has 0 saturated carbocycles. The molecular formula is C17H20N2. The molecule has 2 nitrogen and oxygen atoms in total. The van der Waals surface area contributed by atoms with E-state index in [2.05, 4.69) is 53.7 Å². The Hall–Kier alpha value is -1.72. The van der Waals surface area contributed by atoms with Gasteiger partial charge in [0, 0.05) is 36.6 Å². The van der Waals surface area contributed by atoms with Crippen molar-refractivity contribution < 1.29 is 0 Å². The van der Waals surface area contributed by atoms with Crippen LogP contribution in [0.2, 0.25) is 0 Å². The Kier molecular flexibility index (Phi) is 3.08. The molecule has 1 unspecified atom stereocenters. The van der Waals surface area contributed by atoms with Crippen molar-refractivity contribution in [1.29, 1.82) is 0 Å². The van der Waals surface area contributed by atoms with Crippen LogP contribution in [0.25, 0.3) is 10.9 Å².